The van der Waals surface area contributed by atoms with Crippen LogP contribution in [0.4, 0.5) is 0 Å². The number of nitrogens with one attached hydrogen (secondary N) is 1. The summed E-state index contributed by atoms with van der Waals surface area (Å²) in [6.07, 6.45) is 8.89. The molecule has 4 nitrogen and oxygen atoms in total. The first kappa shape index (κ1) is 16.5. The second-order valence-electron chi connectivity index (χ2n) is 7.49. The van der Waals surface area contributed by atoms with E-state index in [2.05, 4.69) is 55.0 Å². The van der Waals surface area contributed by atoms with E-state index in [1.54, 1.807) is 0 Å². The van der Waals surface area contributed by atoms with Crippen LogP contribution in [-0.4, -0.2) is 40.4 Å². The van der Waals surface area contributed by atoms with Gasteiger partial charge in [-0.3, -0.25) is 9.58 Å². The fraction of sp³-hybridized carbons (Fsp3) is 0.824. The maximum absolute atomic E-state index is 4.79. The molecule has 0 saturated heterocycles. The summed E-state index contributed by atoms with van der Waals surface area (Å²) in [7, 11) is 2.17. The zero-order chi connectivity index (χ0) is 15.3. The van der Waals surface area contributed by atoms with Crippen LogP contribution in [0.2, 0.25) is 0 Å². The van der Waals surface area contributed by atoms with E-state index in [0.29, 0.717) is 6.04 Å². The molecular weight excluding hydrogens is 260 g/mol. The van der Waals surface area contributed by atoms with E-state index in [-0.39, 0.29) is 5.54 Å². The van der Waals surface area contributed by atoms with Gasteiger partial charge >= 0.3 is 0 Å². The van der Waals surface area contributed by atoms with Gasteiger partial charge in [-0.1, -0.05) is 19.3 Å². The van der Waals surface area contributed by atoms with Crippen LogP contribution in [0.5, 0.6) is 0 Å². The largest absolute Gasteiger partial charge is 0.311 e. The van der Waals surface area contributed by atoms with E-state index in [1.807, 2.05) is 0 Å². The first-order valence-corrected chi connectivity index (χ1v) is 8.42. The van der Waals surface area contributed by atoms with Gasteiger partial charge in [0, 0.05) is 31.4 Å². The Kier molecular flexibility index (Phi) is 5.82. The Morgan fingerprint density at radius 3 is 2.67 bits per heavy atom. The number of hydrogen-bond acceptors (Lipinski definition) is 3. The molecule has 1 heterocycles. The lowest BCUT2D eigenvalue weighted by Gasteiger charge is -2.23. The minimum absolute atomic E-state index is 0.198. The van der Waals surface area contributed by atoms with Gasteiger partial charge in [0.1, 0.15) is 0 Å². The van der Waals surface area contributed by atoms with Crippen molar-refractivity contribution in [3.63, 3.8) is 0 Å². The van der Waals surface area contributed by atoms with Crippen molar-refractivity contribution >= 4 is 0 Å². The molecule has 1 aliphatic carbocycles. The molecule has 4 heteroatoms. The molecule has 1 aliphatic rings. The number of nitrogens with zero attached hydrogens (tertiary/aromatic N) is 3. The number of aromatic nitrogens is 2. The third kappa shape index (κ3) is 5.79. The normalized spacial score (nSPS) is 17.6. The van der Waals surface area contributed by atoms with Gasteiger partial charge in [-0.2, -0.15) is 5.10 Å². The summed E-state index contributed by atoms with van der Waals surface area (Å²) in [6.45, 7) is 9.62. The summed E-state index contributed by atoms with van der Waals surface area (Å²) in [5, 5.41) is 8.31. The lowest BCUT2D eigenvalue weighted by molar-refractivity contribution is 0.293. The molecular formula is C17H32N4. The lowest BCUT2D eigenvalue weighted by Crippen LogP contribution is -2.40. The van der Waals surface area contributed by atoms with Crippen LogP contribution in [0, 0.1) is 0 Å². The van der Waals surface area contributed by atoms with Crippen molar-refractivity contribution in [2.24, 2.45) is 0 Å². The molecule has 120 valence electrons. The smallest absolute Gasteiger partial charge is 0.0764 e. The van der Waals surface area contributed by atoms with Crippen molar-refractivity contribution in [2.45, 2.75) is 71.0 Å². The summed E-state index contributed by atoms with van der Waals surface area (Å²) >= 11 is 0. The fourth-order valence-electron chi connectivity index (χ4n) is 2.99. The third-order valence-corrected chi connectivity index (χ3v) is 4.19. The van der Waals surface area contributed by atoms with E-state index in [4.69, 9.17) is 5.10 Å². The minimum atomic E-state index is 0.198. The third-order valence-electron chi connectivity index (χ3n) is 4.19. The number of hydrogen-bond donors (Lipinski definition) is 1. The van der Waals surface area contributed by atoms with Gasteiger partial charge in [0.05, 0.1) is 11.7 Å². The second kappa shape index (κ2) is 7.41. The van der Waals surface area contributed by atoms with Gasteiger partial charge in [-0.15, -0.1) is 0 Å². The van der Waals surface area contributed by atoms with Gasteiger partial charge in [0.25, 0.3) is 0 Å². The summed E-state index contributed by atoms with van der Waals surface area (Å²) in [6, 6.07) is 2.82. The maximum atomic E-state index is 4.79. The summed E-state index contributed by atoms with van der Waals surface area (Å²) in [4.78, 5) is 2.34. The van der Waals surface area contributed by atoms with Crippen LogP contribution in [0.25, 0.3) is 0 Å². The zero-order valence-corrected chi connectivity index (χ0v) is 14.2. The monoisotopic (exact) mass is 292 g/mol. The van der Waals surface area contributed by atoms with Crippen LogP contribution < -0.4 is 5.32 Å². The van der Waals surface area contributed by atoms with Crippen molar-refractivity contribution in [2.75, 3.05) is 20.1 Å². The molecule has 21 heavy (non-hydrogen) atoms. The van der Waals surface area contributed by atoms with E-state index < -0.39 is 0 Å². The SMILES string of the molecule is CN(CCNC(C)(C)C)Cc1ccn(C2CCCCC2)n1. The molecule has 1 fully saturated rings. The van der Waals surface area contributed by atoms with Crippen molar-refractivity contribution in [3.05, 3.63) is 18.0 Å². The van der Waals surface area contributed by atoms with Crippen LogP contribution in [0.3, 0.4) is 0 Å². The molecule has 1 aromatic rings. The Labute approximate surface area is 129 Å². The Morgan fingerprint density at radius 2 is 2.00 bits per heavy atom. The summed E-state index contributed by atoms with van der Waals surface area (Å²) in [5.41, 5.74) is 1.39. The van der Waals surface area contributed by atoms with E-state index in [1.165, 1.54) is 37.8 Å². The Bertz CT molecular complexity index is 413. The molecule has 1 saturated carbocycles. The number of likely N-dealkylation sites (N-methyl/N-ethyl adjacent to an activating group) is 1. The van der Waals surface area contributed by atoms with Gasteiger partial charge < -0.3 is 5.32 Å². The fourth-order valence-corrected chi connectivity index (χ4v) is 2.99. The predicted octanol–water partition coefficient (Wildman–Crippen LogP) is 3.21. The van der Waals surface area contributed by atoms with Crippen molar-refractivity contribution in [1.82, 2.24) is 20.0 Å². The van der Waals surface area contributed by atoms with Gasteiger partial charge in [-0.05, 0) is 46.7 Å². The molecule has 0 spiro atoms. The highest BCUT2D eigenvalue weighted by atomic mass is 15.3. The van der Waals surface area contributed by atoms with Crippen LogP contribution in [-0.2, 0) is 6.54 Å². The zero-order valence-electron chi connectivity index (χ0n) is 14.2. The van der Waals surface area contributed by atoms with E-state index >= 15 is 0 Å². The average Bonchev–Trinajstić information content (AvgIpc) is 2.86. The van der Waals surface area contributed by atoms with Crippen molar-refractivity contribution < 1.29 is 0 Å². The minimum Gasteiger partial charge on any atom is -0.311 e. The van der Waals surface area contributed by atoms with Crippen LogP contribution >= 0.6 is 0 Å². The van der Waals surface area contributed by atoms with Gasteiger partial charge in [0.15, 0.2) is 0 Å². The molecule has 0 radical (unpaired) electrons. The quantitative estimate of drug-likeness (QED) is 0.874. The Morgan fingerprint density at radius 1 is 1.29 bits per heavy atom. The molecule has 0 bridgehead atoms. The maximum Gasteiger partial charge on any atom is 0.0764 e. The molecule has 0 aliphatic heterocycles. The Balaban J connectivity index is 1.76. The first-order chi connectivity index (χ1) is 9.94. The average molecular weight is 292 g/mol. The topological polar surface area (TPSA) is 33.1 Å². The summed E-state index contributed by atoms with van der Waals surface area (Å²) in [5.74, 6) is 0. The predicted molar refractivity (Wildman–Crippen MR) is 88.4 cm³/mol. The number of rotatable bonds is 6. The van der Waals surface area contributed by atoms with Crippen molar-refractivity contribution in [3.8, 4) is 0 Å². The highest BCUT2D eigenvalue weighted by Crippen LogP contribution is 2.27. The van der Waals surface area contributed by atoms with Crippen LogP contribution in [0.1, 0.15) is 64.6 Å². The molecule has 0 unspecified atom stereocenters. The molecule has 1 N–H and O–H groups in total. The second-order valence-corrected chi connectivity index (χ2v) is 7.49. The molecule has 2 rings (SSSR count). The highest BCUT2D eigenvalue weighted by molar-refractivity contribution is 5.00. The van der Waals surface area contributed by atoms with Crippen molar-refractivity contribution in [1.29, 1.82) is 0 Å². The summed E-state index contributed by atoms with van der Waals surface area (Å²) < 4.78 is 2.20. The molecule has 1 aromatic heterocycles. The molecule has 0 amide bonds. The molecule has 0 aromatic carbocycles. The van der Waals surface area contributed by atoms with E-state index in [9.17, 15) is 0 Å². The van der Waals surface area contributed by atoms with Gasteiger partial charge in [-0.25, -0.2) is 0 Å². The van der Waals surface area contributed by atoms with Gasteiger partial charge in [0.2, 0.25) is 0 Å². The lowest BCUT2D eigenvalue weighted by atomic mass is 9.96. The molecule has 0 atom stereocenters. The standard InChI is InChI=1S/C17H32N4/c1-17(2,3)18-11-13-20(4)14-15-10-12-21(19-15)16-8-6-5-7-9-16/h10,12,16,18H,5-9,11,13-14H2,1-4H3. The Hall–Kier alpha value is -0.870. The van der Waals surface area contributed by atoms with Crippen LogP contribution in [0.15, 0.2) is 12.3 Å². The van der Waals surface area contributed by atoms with E-state index in [0.717, 1.165) is 19.6 Å². The highest BCUT2D eigenvalue weighted by Gasteiger charge is 2.16. The first-order valence-electron chi connectivity index (χ1n) is 8.42.